The molecule has 0 saturated heterocycles. The summed E-state index contributed by atoms with van der Waals surface area (Å²) in [5.41, 5.74) is 3.41. The van der Waals surface area contributed by atoms with E-state index in [0.29, 0.717) is 11.5 Å². The van der Waals surface area contributed by atoms with Crippen LogP contribution in [0.1, 0.15) is 67.1 Å². The van der Waals surface area contributed by atoms with Crippen molar-refractivity contribution in [2.24, 2.45) is 5.92 Å². The minimum Gasteiger partial charge on any atom is -0.452 e. The fraction of sp³-hybridized carbons (Fsp3) is 0.522. The third-order valence-electron chi connectivity index (χ3n) is 6.17. The largest absolute Gasteiger partial charge is 0.452 e. The van der Waals surface area contributed by atoms with Gasteiger partial charge in [-0.2, -0.15) is 0 Å². The Morgan fingerprint density at radius 3 is 2.75 bits per heavy atom. The molecule has 0 spiro atoms. The van der Waals surface area contributed by atoms with E-state index in [9.17, 15) is 9.59 Å². The molecule has 1 fully saturated rings. The molecule has 0 radical (unpaired) electrons. The summed E-state index contributed by atoms with van der Waals surface area (Å²) < 4.78 is 5.46. The highest BCUT2D eigenvalue weighted by molar-refractivity contribution is 6.05. The van der Waals surface area contributed by atoms with Gasteiger partial charge in [-0.25, -0.2) is 4.79 Å². The predicted molar refractivity (Wildman–Crippen MR) is 108 cm³/mol. The van der Waals surface area contributed by atoms with E-state index in [2.05, 4.69) is 12.2 Å². The molecule has 1 saturated carbocycles. The van der Waals surface area contributed by atoms with E-state index in [0.717, 1.165) is 67.1 Å². The van der Waals surface area contributed by atoms with Gasteiger partial charge in [0.05, 0.1) is 11.1 Å². The number of aryl methyl sites for hydroxylation is 1. The van der Waals surface area contributed by atoms with Crippen molar-refractivity contribution in [1.29, 1.82) is 0 Å². The van der Waals surface area contributed by atoms with Crippen LogP contribution in [0.5, 0.6) is 0 Å². The molecular formula is C23H28N2O3. The van der Waals surface area contributed by atoms with Crippen LogP contribution in [0, 0.1) is 5.92 Å². The Morgan fingerprint density at radius 1 is 1.11 bits per heavy atom. The molecule has 4 rings (SSSR count). The number of benzene rings is 1. The summed E-state index contributed by atoms with van der Waals surface area (Å²) in [5.74, 6) is -0.146. The maximum Gasteiger partial charge on any atom is 0.339 e. The van der Waals surface area contributed by atoms with Crippen molar-refractivity contribution in [2.75, 3.05) is 6.61 Å². The molecule has 2 aliphatic carbocycles. The molecule has 148 valence electrons. The second-order valence-electron chi connectivity index (χ2n) is 8.15. The molecule has 0 bridgehead atoms. The van der Waals surface area contributed by atoms with Crippen LogP contribution in [0.2, 0.25) is 0 Å². The number of aromatic nitrogens is 1. The zero-order valence-electron chi connectivity index (χ0n) is 16.5. The van der Waals surface area contributed by atoms with E-state index >= 15 is 0 Å². The maximum absolute atomic E-state index is 13.0. The number of para-hydroxylation sites is 1. The molecule has 1 heterocycles. The Balaban J connectivity index is 1.50. The second kappa shape index (κ2) is 8.29. The molecule has 28 heavy (non-hydrogen) atoms. The first kappa shape index (κ1) is 18.9. The first-order chi connectivity index (χ1) is 13.6. The Morgan fingerprint density at radius 2 is 1.89 bits per heavy atom. The summed E-state index contributed by atoms with van der Waals surface area (Å²) >= 11 is 0. The van der Waals surface area contributed by atoms with Gasteiger partial charge in [-0.3, -0.25) is 9.78 Å². The van der Waals surface area contributed by atoms with Crippen molar-refractivity contribution in [1.82, 2.24) is 10.3 Å². The first-order valence-corrected chi connectivity index (χ1v) is 10.5. The monoisotopic (exact) mass is 380 g/mol. The van der Waals surface area contributed by atoms with Crippen LogP contribution in [0.15, 0.2) is 24.3 Å². The number of amides is 1. The van der Waals surface area contributed by atoms with Gasteiger partial charge < -0.3 is 10.1 Å². The zero-order valence-corrected chi connectivity index (χ0v) is 16.5. The third kappa shape index (κ3) is 3.89. The summed E-state index contributed by atoms with van der Waals surface area (Å²) in [6, 6.07) is 7.87. The van der Waals surface area contributed by atoms with Crippen LogP contribution in [-0.2, 0) is 22.4 Å². The minimum absolute atomic E-state index is 0.189. The molecular weight excluding hydrogens is 352 g/mol. The molecule has 1 amide bonds. The third-order valence-corrected chi connectivity index (χ3v) is 6.17. The lowest BCUT2D eigenvalue weighted by atomic mass is 9.86. The topological polar surface area (TPSA) is 68.3 Å². The molecule has 2 aliphatic rings. The number of carbonyl (C=O) groups excluding carboxylic acids is 2. The molecule has 0 aliphatic heterocycles. The van der Waals surface area contributed by atoms with E-state index in [4.69, 9.17) is 9.72 Å². The van der Waals surface area contributed by atoms with Gasteiger partial charge in [0, 0.05) is 17.1 Å². The lowest BCUT2D eigenvalue weighted by molar-refractivity contribution is -0.125. The summed E-state index contributed by atoms with van der Waals surface area (Å²) in [7, 11) is 0. The summed E-state index contributed by atoms with van der Waals surface area (Å²) in [6.07, 6.45) is 8.38. The second-order valence-corrected chi connectivity index (χ2v) is 8.15. The van der Waals surface area contributed by atoms with Crippen LogP contribution in [-0.4, -0.2) is 29.5 Å². The van der Waals surface area contributed by atoms with E-state index < -0.39 is 5.97 Å². The van der Waals surface area contributed by atoms with Gasteiger partial charge in [0.15, 0.2) is 6.61 Å². The summed E-state index contributed by atoms with van der Waals surface area (Å²) in [6.45, 7) is 1.94. The fourth-order valence-electron chi connectivity index (χ4n) is 4.59. The van der Waals surface area contributed by atoms with Crippen molar-refractivity contribution in [3.05, 3.63) is 41.1 Å². The van der Waals surface area contributed by atoms with Crippen LogP contribution < -0.4 is 5.32 Å². The molecule has 5 nitrogen and oxygen atoms in total. The lowest BCUT2D eigenvalue weighted by Gasteiger charge is -2.29. The number of hydrogen-bond acceptors (Lipinski definition) is 4. The highest BCUT2D eigenvalue weighted by Gasteiger charge is 2.26. The molecule has 0 unspecified atom stereocenters. The van der Waals surface area contributed by atoms with E-state index in [1.54, 1.807) is 0 Å². The molecule has 1 aromatic heterocycles. The normalized spacial score (nSPS) is 21.8. The average molecular weight is 380 g/mol. The lowest BCUT2D eigenvalue weighted by Crippen LogP contribution is -2.42. The number of rotatable bonds is 4. The molecule has 1 aromatic carbocycles. The Bertz CT molecular complexity index is 893. The highest BCUT2D eigenvalue weighted by Crippen LogP contribution is 2.30. The van der Waals surface area contributed by atoms with Gasteiger partial charge >= 0.3 is 5.97 Å². The number of pyridine rings is 1. The molecule has 2 atom stereocenters. The number of nitrogens with one attached hydrogen (secondary N) is 1. The minimum atomic E-state index is -0.413. The van der Waals surface area contributed by atoms with Crippen LogP contribution in [0.25, 0.3) is 10.9 Å². The Kier molecular flexibility index (Phi) is 5.60. The zero-order chi connectivity index (χ0) is 19.5. The standard InChI is InChI=1S/C23H28N2O3/c1-15-8-2-5-11-18(15)25-21(26)14-28-23(27)22-16-9-3-6-12-19(16)24-20-13-7-4-10-17(20)22/h3,6,9,12,15,18H,2,4-5,7-8,10-11,13-14H2,1H3,(H,25,26)/t15-,18-/m0/s1. The van der Waals surface area contributed by atoms with Gasteiger partial charge in [-0.1, -0.05) is 38.0 Å². The SMILES string of the molecule is C[C@H]1CCCC[C@@H]1NC(=O)COC(=O)c1c2c(nc3ccccc13)CCCC2. The van der Waals surface area contributed by atoms with E-state index in [1.807, 2.05) is 24.3 Å². The number of carbonyl (C=O) groups is 2. The average Bonchev–Trinajstić information content (AvgIpc) is 2.72. The smallest absolute Gasteiger partial charge is 0.339 e. The number of esters is 1. The van der Waals surface area contributed by atoms with Crippen LogP contribution in [0.4, 0.5) is 0 Å². The Labute approximate surface area is 165 Å². The van der Waals surface area contributed by atoms with Gasteiger partial charge in [-0.05, 0) is 56.1 Å². The molecule has 5 heteroatoms. The van der Waals surface area contributed by atoms with Crippen LogP contribution >= 0.6 is 0 Å². The highest BCUT2D eigenvalue weighted by atomic mass is 16.5. The number of fused-ring (bicyclic) bond motifs is 2. The summed E-state index contributed by atoms with van der Waals surface area (Å²) in [5, 5.41) is 3.86. The Hall–Kier alpha value is -2.43. The van der Waals surface area contributed by atoms with Gasteiger partial charge in [0.25, 0.3) is 5.91 Å². The number of nitrogens with zero attached hydrogens (tertiary/aromatic N) is 1. The maximum atomic E-state index is 13.0. The van der Waals surface area contributed by atoms with Crippen molar-refractivity contribution in [2.45, 2.75) is 64.3 Å². The van der Waals surface area contributed by atoms with Crippen molar-refractivity contribution >= 4 is 22.8 Å². The molecule has 1 N–H and O–H groups in total. The van der Waals surface area contributed by atoms with Gasteiger partial charge in [0.2, 0.25) is 0 Å². The van der Waals surface area contributed by atoms with Crippen molar-refractivity contribution in [3.8, 4) is 0 Å². The number of hydrogen-bond donors (Lipinski definition) is 1. The first-order valence-electron chi connectivity index (χ1n) is 10.5. The molecule has 2 aromatic rings. The van der Waals surface area contributed by atoms with Gasteiger partial charge in [0.1, 0.15) is 0 Å². The van der Waals surface area contributed by atoms with E-state index in [-0.39, 0.29) is 18.6 Å². The van der Waals surface area contributed by atoms with Crippen LogP contribution in [0.3, 0.4) is 0 Å². The quantitative estimate of drug-likeness (QED) is 0.815. The predicted octanol–water partition coefficient (Wildman–Crippen LogP) is 3.97. The fourth-order valence-corrected chi connectivity index (χ4v) is 4.59. The van der Waals surface area contributed by atoms with E-state index in [1.165, 1.54) is 6.42 Å². The number of ether oxygens (including phenoxy) is 1. The van der Waals surface area contributed by atoms with Gasteiger partial charge in [-0.15, -0.1) is 0 Å². The van der Waals surface area contributed by atoms with Crippen molar-refractivity contribution < 1.29 is 14.3 Å². The van der Waals surface area contributed by atoms with Crippen molar-refractivity contribution in [3.63, 3.8) is 0 Å². The summed E-state index contributed by atoms with van der Waals surface area (Å²) in [4.78, 5) is 30.1.